The highest BCUT2D eigenvalue weighted by molar-refractivity contribution is 5.82. The summed E-state index contributed by atoms with van der Waals surface area (Å²) >= 11 is 0. The molecule has 0 spiro atoms. The van der Waals surface area contributed by atoms with Gasteiger partial charge in [0.05, 0.1) is 6.04 Å². The van der Waals surface area contributed by atoms with Crippen LogP contribution in [0.1, 0.15) is 20.8 Å². The Balaban J connectivity index is 4.05. The van der Waals surface area contributed by atoms with Crippen molar-refractivity contribution in [3.8, 4) is 0 Å². The molecule has 4 nitrogen and oxygen atoms in total. The third kappa shape index (κ3) is 5.03. The predicted octanol–water partition coefficient (Wildman–Crippen LogP) is 0.102. The predicted molar refractivity (Wildman–Crippen MR) is 52.5 cm³/mol. The minimum Gasteiger partial charge on any atom is -0.385 e. The molecule has 0 saturated carbocycles. The SMILES string of the molecule is CC(C)(C)C(N)C(=O)NCC(O)C(F)F. The van der Waals surface area contributed by atoms with Crippen molar-refractivity contribution in [2.75, 3.05) is 6.54 Å². The zero-order valence-electron chi connectivity index (χ0n) is 9.13. The van der Waals surface area contributed by atoms with E-state index in [2.05, 4.69) is 5.32 Å². The molecule has 0 heterocycles. The molecule has 0 aromatic rings. The average Bonchev–Trinajstić information content (AvgIpc) is 2.10. The number of alkyl halides is 2. The van der Waals surface area contributed by atoms with Gasteiger partial charge in [0.2, 0.25) is 5.91 Å². The van der Waals surface area contributed by atoms with E-state index >= 15 is 0 Å². The van der Waals surface area contributed by atoms with E-state index in [1.54, 1.807) is 20.8 Å². The van der Waals surface area contributed by atoms with Gasteiger partial charge in [0.1, 0.15) is 6.10 Å². The molecule has 0 saturated heterocycles. The third-order valence-electron chi connectivity index (χ3n) is 1.99. The number of aliphatic hydroxyl groups excluding tert-OH is 1. The summed E-state index contributed by atoms with van der Waals surface area (Å²) in [6, 6.07) is -0.789. The van der Waals surface area contributed by atoms with Gasteiger partial charge in [-0.1, -0.05) is 20.8 Å². The molecule has 0 radical (unpaired) electrons. The maximum absolute atomic E-state index is 11.9. The van der Waals surface area contributed by atoms with Crippen LogP contribution in [0.25, 0.3) is 0 Å². The monoisotopic (exact) mass is 224 g/mol. The van der Waals surface area contributed by atoms with Crippen molar-refractivity contribution in [2.24, 2.45) is 11.1 Å². The van der Waals surface area contributed by atoms with Gasteiger partial charge in [-0.3, -0.25) is 4.79 Å². The van der Waals surface area contributed by atoms with E-state index < -0.39 is 36.4 Å². The molecule has 4 N–H and O–H groups in total. The van der Waals surface area contributed by atoms with Crippen LogP contribution in [0.4, 0.5) is 8.78 Å². The van der Waals surface area contributed by atoms with Gasteiger partial charge in [-0.15, -0.1) is 0 Å². The zero-order chi connectivity index (χ0) is 12.2. The van der Waals surface area contributed by atoms with Crippen molar-refractivity contribution < 1.29 is 18.7 Å². The van der Waals surface area contributed by atoms with Crippen LogP contribution in [-0.4, -0.2) is 36.1 Å². The number of halogens is 2. The van der Waals surface area contributed by atoms with Gasteiger partial charge in [-0.25, -0.2) is 8.78 Å². The molecular weight excluding hydrogens is 206 g/mol. The number of carbonyl (C=O) groups excluding carboxylic acids is 1. The van der Waals surface area contributed by atoms with Gasteiger partial charge in [0.15, 0.2) is 0 Å². The van der Waals surface area contributed by atoms with E-state index in [1.165, 1.54) is 0 Å². The fourth-order valence-electron chi connectivity index (χ4n) is 0.797. The van der Waals surface area contributed by atoms with Crippen molar-refractivity contribution in [1.29, 1.82) is 0 Å². The van der Waals surface area contributed by atoms with Gasteiger partial charge in [-0.2, -0.15) is 0 Å². The summed E-state index contributed by atoms with van der Waals surface area (Å²) in [5.41, 5.74) is 5.13. The number of amides is 1. The van der Waals surface area contributed by atoms with E-state index in [-0.39, 0.29) is 0 Å². The molecule has 0 aliphatic heterocycles. The van der Waals surface area contributed by atoms with E-state index in [0.717, 1.165) is 0 Å². The van der Waals surface area contributed by atoms with E-state index in [0.29, 0.717) is 0 Å². The lowest BCUT2D eigenvalue weighted by atomic mass is 9.87. The fraction of sp³-hybridized carbons (Fsp3) is 0.889. The highest BCUT2D eigenvalue weighted by Gasteiger charge is 2.28. The first kappa shape index (κ1) is 14.2. The lowest BCUT2D eigenvalue weighted by Gasteiger charge is -2.26. The van der Waals surface area contributed by atoms with Crippen LogP contribution in [0.5, 0.6) is 0 Å². The Kier molecular flexibility index (Phi) is 5.10. The minimum absolute atomic E-state index is 0.445. The third-order valence-corrected chi connectivity index (χ3v) is 1.99. The van der Waals surface area contributed by atoms with Crippen molar-refractivity contribution in [1.82, 2.24) is 5.32 Å². The minimum atomic E-state index is -2.86. The van der Waals surface area contributed by atoms with E-state index in [4.69, 9.17) is 10.8 Å². The maximum atomic E-state index is 11.9. The number of nitrogens with one attached hydrogen (secondary N) is 1. The first-order chi connectivity index (χ1) is 6.66. The smallest absolute Gasteiger partial charge is 0.265 e. The first-order valence-electron chi connectivity index (χ1n) is 4.65. The van der Waals surface area contributed by atoms with Crippen LogP contribution >= 0.6 is 0 Å². The number of hydrogen-bond acceptors (Lipinski definition) is 3. The molecule has 15 heavy (non-hydrogen) atoms. The fourth-order valence-corrected chi connectivity index (χ4v) is 0.797. The molecule has 2 unspecified atom stereocenters. The van der Waals surface area contributed by atoms with Gasteiger partial charge in [0, 0.05) is 6.54 Å². The molecule has 0 fully saturated rings. The highest BCUT2D eigenvalue weighted by Crippen LogP contribution is 2.17. The molecule has 90 valence electrons. The Morgan fingerprint density at radius 3 is 2.27 bits per heavy atom. The summed E-state index contributed by atoms with van der Waals surface area (Å²) in [5.74, 6) is -0.540. The summed E-state index contributed by atoms with van der Waals surface area (Å²) < 4.78 is 23.8. The second-order valence-electron chi connectivity index (χ2n) is 4.49. The normalized spacial score (nSPS) is 16.3. The van der Waals surface area contributed by atoms with E-state index in [1.807, 2.05) is 0 Å². The first-order valence-corrected chi connectivity index (χ1v) is 4.65. The largest absolute Gasteiger partial charge is 0.385 e. The Labute approximate surface area is 87.8 Å². The Bertz CT molecular complexity index is 217. The van der Waals surface area contributed by atoms with Crippen LogP contribution in [0.2, 0.25) is 0 Å². The number of rotatable bonds is 4. The second-order valence-corrected chi connectivity index (χ2v) is 4.49. The number of carbonyl (C=O) groups is 1. The molecule has 6 heteroatoms. The quantitative estimate of drug-likeness (QED) is 0.634. The molecule has 0 aromatic heterocycles. The Morgan fingerprint density at radius 1 is 1.47 bits per heavy atom. The van der Waals surface area contributed by atoms with Crippen LogP contribution in [0.3, 0.4) is 0 Å². The van der Waals surface area contributed by atoms with Crippen LogP contribution in [-0.2, 0) is 4.79 Å². The van der Waals surface area contributed by atoms with E-state index in [9.17, 15) is 13.6 Å². The van der Waals surface area contributed by atoms with Crippen LogP contribution < -0.4 is 11.1 Å². The lowest BCUT2D eigenvalue weighted by Crippen LogP contribution is -2.50. The summed E-state index contributed by atoms with van der Waals surface area (Å²) in [6.07, 6.45) is -4.71. The molecule has 0 aromatic carbocycles. The molecule has 2 atom stereocenters. The molecule has 0 aliphatic carbocycles. The zero-order valence-corrected chi connectivity index (χ0v) is 9.13. The van der Waals surface area contributed by atoms with Crippen LogP contribution in [0.15, 0.2) is 0 Å². The topological polar surface area (TPSA) is 75.4 Å². The number of nitrogens with two attached hydrogens (primary N) is 1. The summed E-state index contributed by atoms with van der Waals surface area (Å²) in [5, 5.41) is 10.9. The summed E-state index contributed by atoms with van der Waals surface area (Å²) in [6.45, 7) is 4.81. The van der Waals surface area contributed by atoms with Crippen molar-refractivity contribution in [3.63, 3.8) is 0 Å². The van der Waals surface area contributed by atoms with Gasteiger partial charge in [0.25, 0.3) is 6.43 Å². The van der Waals surface area contributed by atoms with Crippen LogP contribution in [0, 0.1) is 5.41 Å². The van der Waals surface area contributed by atoms with Crippen molar-refractivity contribution in [2.45, 2.75) is 39.3 Å². The lowest BCUT2D eigenvalue weighted by molar-refractivity contribution is -0.125. The van der Waals surface area contributed by atoms with Gasteiger partial charge >= 0.3 is 0 Å². The average molecular weight is 224 g/mol. The summed E-state index contributed by atoms with van der Waals surface area (Å²) in [7, 11) is 0. The van der Waals surface area contributed by atoms with Crippen molar-refractivity contribution in [3.05, 3.63) is 0 Å². The number of aliphatic hydroxyl groups is 1. The maximum Gasteiger partial charge on any atom is 0.265 e. The molecule has 0 aliphatic rings. The Hall–Kier alpha value is -0.750. The molecule has 1 amide bonds. The van der Waals surface area contributed by atoms with Gasteiger partial charge < -0.3 is 16.2 Å². The Morgan fingerprint density at radius 2 is 1.93 bits per heavy atom. The molecule has 0 rings (SSSR count). The second kappa shape index (κ2) is 5.37. The number of hydrogen-bond donors (Lipinski definition) is 3. The highest BCUT2D eigenvalue weighted by atomic mass is 19.3. The van der Waals surface area contributed by atoms with Crippen molar-refractivity contribution >= 4 is 5.91 Å². The molecular formula is C9H18F2N2O2. The molecule has 0 bridgehead atoms. The summed E-state index contributed by atoms with van der Waals surface area (Å²) in [4.78, 5) is 11.3. The van der Waals surface area contributed by atoms with Gasteiger partial charge in [-0.05, 0) is 5.41 Å². The standard InChI is InChI=1S/C9H18F2N2O2/c1-9(2,3)6(12)8(15)13-4-5(14)7(10)11/h5-7,14H,4,12H2,1-3H3,(H,13,15).